The first-order valence-electron chi connectivity index (χ1n) is 5.70. The van der Waals surface area contributed by atoms with Crippen LogP contribution in [-0.2, 0) is 18.9 Å². The molecule has 0 N–H and O–H groups in total. The lowest BCUT2D eigenvalue weighted by Gasteiger charge is -2.26. The second-order valence-electron chi connectivity index (χ2n) is 6.20. The highest BCUT2D eigenvalue weighted by atomic mass is 28.3. The zero-order chi connectivity index (χ0) is 13.0. The predicted octanol–water partition coefficient (Wildman–Crippen LogP) is 3.11. The molecule has 0 aromatic heterocycles. The van der Waals surface area contributed by atoms with E-state index < -0.39 is 9.28 Å². The zero-order valence-corrected chi connectivity index (χ0v) is 12.9. The Morgan fingerprint density at radius 2 is 1.06 bits per heavy atom. The molecule has 0 rings (SSSR count). The minimum atomic E-state index is -1.95. The Hall–Kier alpha value is 0.0569. The van der Waals surface area contributed by atoms with E-state index in [-0.39, 0.29) is 16.7 Å². The van der Waals surface area contributed by atoms with Crippen LogP contribution in [0.1, 0.15) is 55.4 Å². The molecule has 0 aliphatic heterocycles. The zero-order valence-electron chi connectivity index (χ0n) is 11.8. The number of hydrogen-bond donors (Lipinski definition) is 0. The Kier molecular flexibility index (Phi) is 6.14. The highest BCUT2D eigenvalue weighted by molar-refractivity contribution is 6.45. The smallest absolute Gasteiger partial charge is 0.252 e. The van der Waals surface area contributed by atoms with Crippen molar-refractivity contribution in [1.82, 2.24) is 0 Å². The molecule has 98 valence electrons. The minimum absolute atomic E-state index is 0.282. The summed E-state index contributed by atoms with van der Waals surface area (Å²) in [6.07, 6.45) is 0. The molecule has 0 aliphatic rings. The summed E-state index contributed by atoms with van der Waals surface area (Å²) in [6, 6.07) is 0. The van der Waals surface area contributed by atoms with E-state index in [2.05, 4.69) is 0 Å². The number of rotatable bonds is 5. The number of hydrogen-bond acceptors (Lipinski definition) is 4. The van der Waals surface area contributed by atoms with Crippen molar-refractivity contribution in [1.29, 1.82) is 0 Å². The molecular formula is C11H26O4Si. The second kappa shape index (κ2) is 6.12. The topological polar surface area (TPSA) is 36.9 Å². The molecule has 0 saturated heterocycles. The standard InChI is InChI=1S/C11H26O4Si/c1-9(2)16(14-12-10(3,4)5)15-13-11(6,7)8/h9,16H,1-8H3. The lowest BCUT2D eigenvalue weighted by atomic mass is 10.2. The molecule has 0 saturated carbocycles. The van der Waals surface area contributed by atoms with Gasteiger partial charge in [-0.25, -0.2) is 9.78 Å². The van der Waals surface area contributed by atoms with E-state index in [9.17, 15) is 0 Å². The molecule has 0 aromatic carbocycles. The Balaban J connectivity index is 4.09. The Labute approximate surface area is 101 Å². The van der Waals surface area contributed by atoms with Gasteiger partial charge in [0.25, 0.3) is 0 Å². The predicted molar refractivity (Wildman–Crippen MR) is 66.1 cm³/mol. The van der Waals surface area contributed by atoms with Crippen molar-refractivity contribution in [2.24, 2.45) is 0 Å². The summed E-state index contributed by atoms with van der Waals surface area (Å²) in [5, 5.41) is 0. The molecule has 0 amide bonds. The quantitative estimate of drug-likeness (QED) is 0.427. The first-order valence-corrected chi connectivity index (χ1v) is 7.31. The lowest BCUT2D eigenvalue weighted by molar-refractivity contribution is -0.341. The van der Waals surface area contributed by atoms with E-state index in [1.165, 1.54) is 0 Å². The third kappa shape index (κ3) is 9.29. The van der Waals surface area contributed by atoms with Gasteiger partial charge in [-0.05, 0) is 47.1 Å². The van der Waals surface area contributed by atoms with E-state index in [1.807, 2.05) is 55.4 Å². The molecule has 16 heavy (non-hydrogen) atoms. The van der Waals surface area contributed by atoms with Crippen molar-refractivity contribution >= 4 is 9.28 Å². The van der Waals surface area contributed by atoms with E-state index in [1.54, 1.807) is 0 Å². The van der Waals surface area contributed by atoms with Crippen LogP contribution in [-0.4, -0.2) is 20.5 Å². The third-order valence-corrected chi connectivity index (χ3v) is 2.99. The van der Waals surface area contributed by atoms with Gasteiger partial charge in [-0.15, -0.1) is 0 Å². The summed E-state index contributed by atoms with van der Waals surface area (Å²) in [5.41, 5.74) is -0.374. The van der Waals surface area contributed by atoms with E-state index in [0.717, 1.165) is 0 Å². The van der Waals surface area contributed by atoms with Gasteiger partial charge in [0.1, 0.15) is 0 Å². The minimum Gasteiger partial charge on any atom is -0.252 e. The van der Waals surface area contributed by atoms with E-state index >= 15 is 0 Å². The van der Waals surface area contributed by atoms with Crippen molar-refractivity contribution in [3.05, 3.63) is 0 Å². The van der Waals surface area contributed by atoms with Crippen LogP contribution in [0.4, 0.5) is 0 Å². The van der Waals surface area contributed by atoms with Gasteiger partial charge in [0.05, 0.1) is 11.2 Å². The van der Waals surface area contributed by atoms with Gasteiger partial charge in [0.2, 0.25) is 0 Å². The summed E-state index contributed by atoms with van der Waals surface area (Å²) in [6.45, 7) is 15.7. The van der Waals surface area contributed by atoms with Gasteiger partial charge >= 0.3 is 9.28 Å². The molecular weight excluding hydrogens is 224 g/mol. The largest absolute Gasteiger partial charge is 0.398 e. The van der Waals surface area contributed by atoms with Gasteiger partial charge in [-0.3, -0.25) is 9.15 Å². The van der Waals surface area contributed by atoms with Crippen LogP contribution in [0.15, 0.2) is 0 Å². The fourth-order valence-electron chi connectivity index (χ4n) is 0.622. The average molecular weight is 250 g/mol. The van der Waals surface area contributed by atoms with Crippen LogP contribution in [0.25, 0.3) is 0 Å². The van der Waals surface area contributed by atoms with Crippen LogP contribution < -0.4 is 0 Å². The maximum Gasteiger partial charge on any atom is 0.398 e. The lowest BCUT2D eigenvalue weighted by Crippen LogP contribution is -2.34. The van der Waals surface area contributed by atoms with Crippen molar-refractivity contribution in [2.75, 3.05) is 0 Å². The van der Waals surface area contributed by atoms with Crippen LogP contribution in [0.3, 0.4) is 0 Å². The molecule has 0 aliphatic carbocycles. The summed E-state index contributed by atoms with van der Waals surface area (Å²) in [5.74, 6) is 0. The molecule has 0 atom stereocenters. The van der Waals surface area contributed by atoms with Gasteiger partial charge in [0.15, 0.2) is 0 Å². The maximum absolute atomic E-state index is 5.36. The fourth-order valence-corrected chi connectivity index (χ4v) is 1.87. The van der Waals surface area contributed by atoms with Crippen LogP contribution >= 0.6 is 0 Å². The molecule has 0 unspecified atom stereocenters. The summed E-state index contributed by atoms with van der Waals surface area (Å²) < 4.78 is 10.7. The van der Waals surface area contributed by atoms with E-state index in [0.29, 0.717) is 0 Å². The fraction of sp³-hybridized carbons (Fsp3) is 1.00. The monoisotopic (exact) mass is 250 g/mol. The Morgan fingerprint density at radius 1 is 0.750 bits per heavy atom. The Morgan fingerprint density at radius 3 is 1.25 bits per heavy atom. The van der Waals surface area contributed by atoms with Gasteiger partial charge in [-0.1, -0.05) is 13.8 Å². The third-order valence-electron chi connectivity index (χ3n) is 1.33. The van der Waals surface area contributed by atoms with Crippen LogP contribution in [0.2, 0.25) is 5.54 Å². The van der Waals surface area contributed by atoms with E-state index in [4.69, 9.17) is 18.9 Å². The van der Waals surface area contributed by atoms with Crippen molar-refractivity contribution < 1.29 is 18.9 Å². The van der Waals surface area contributed by atoms with Crippen LogP contribution in [0.5, 0.6) is 0 Å². The molecule has 0 spiro atoms. The Bertz CT molecular complexity index is 175. The first-order chi connectivity index (χ1) is 7.01. The summed E-state index contributed by atoms with van der Waals surface area (Å²) in [7, 11) is -1.95. The molecule has 0 fully saturated rings. The summed E-state index contributed by atoms with van der Waals surface area (Å²) in [4.78, 5) is 10.5. The van der Waals surface area contributed by atoms with Gasteiger partial charge in [0, 0.05) is 0 Å². The second-order valence-corrected chi connectivity index (χ2v) is 8.65. The van der Waals surface area contributed by atoms with Crippen LogP contribution in [0, 0.1) is 0 Å². The normalized spacial score (nSPS) is 13.9. The van der Waals surface area contributed by atoms with Crippen molar-refractivity contribution in [3.8, 4) is 0 Å². The maximum atomic E-state index is 5.36. The molecule has 5 heteroatoms. The molecule has 0 aromatic rings. The average Bonchev–Trinajstić information content (AvgIpc) is 1.98. The molecule has 0 bridgehead atoms. The SMILES string of the molecule is CC(C)[SiH](OOC(C)(C)C)OOC(C)(C)C. The van der Waals surface area contributed by atoms with Gasteiger partial charge < -0.3 is 0 Å². The highest BCUT2D eigenvalue weighted by Crippen LogP contribution is 2.18. The van der Waals surface area contributed by atoms with Crippen molar-refractivity contribution in [2.45, 2.75) is 72.1 Å². The molecule has 0 heterocycles. The van der Waals surface area contributed by atoms with Crippen molar-refractivity contribution in [3.63, 3.8) is 0 Å². The van der Waals surface area contributed by atoms with Gasteiger partial charge in [-0.2, -0.15) is 0 Å². The molecule has 4 nitrogen and oxygen atoms in total. The summed E-state index contributed by atoms with van der Waals surface area (Å²) >= 11 is 0. The highest BCUT2D eigenvalue weighted by Gasteiger charge is 2.27. The molecule has 0 radical (unpaired) electrons. The first kappa shape index (κ1) is 16.1.